The smallest absolute Gasteiger partial charge is 0.311 e. The fourth-order valence-electron chi connectivity index (χ4n) is 4.15. The molecule has 156 valence electrons. The Labute approximate surface area is 174 Å². The van der Waals surface area contributed by atoms with E-state index in [1.807, 2.05) is 13.8 Å². The first-order valence-corrected chi connectivity index (χ1v) is 10.9. The second-order valence-electron chi connectivity index (χ2n) is 8.38. The fourth-order valence-corrected chi connectivity index (χ4v) is 4.15. The second-order valence-corrected chi connectivity index (χ2v) is 8.38. The predicted molar refractivity (Wildman–Crippen MR) is 118 cm³/mol. The van der Waals surface area contributed by atoms with E-state index in [-0.39, 0.29) is 0 Å². The summed E-state index contributed by atoms with van der Waals surface area (Å²) >= 11 is 0. The Morgan fingerprint density at radius 3 is 2.31 bits per heavy atom. The molecule has 5 heteroatoms. The zero-order valence-electron chi connectivity index (χ0n) is 18.1. The molecule has 1 N–H and O–H groups in total. The van der Waals surface area contributed by atoms with Gasteiger partial charge in [-0.2, -0.15) is 0 Å². The van der Waals surface area contributed by atoms with E-state index in [4.69, 9.17) is 9.97 Å². The van der Waals surface area contributed by atoms with Crippen molar-refractivity contribution in [2.24, 2.45) is 0 Å². The standard InChI is InChI=1S/C24H33N3O2/c1-5-9-20(23(28)29)21-17(4)25-24(27-14-7-6-8-15-27)26-22(21)19-12-10-18(11-13-19)16(2)3/h10-13,16,20H,5-9,14-15H2,1-4H3,(H,28,29). The predicted octanol–water partition coefficient (Wildman–Crippen LogP) is 5.53. The van der Waals surface area contributed by atoms with Gasteiger partial charge in [-0.05, 0) is 44.1 Å². The van der Waals surface area contributed by atoms with E-state index in [1.165, 1.54) is 12.0 Å². The summed E-state index contributed by atoms with van der Waals surface area (Å²) in [5.74, 6) is -0.208. The second kappa shape index (κ2) is 9.38. The van der Waals surface area contributed by atoms with Gasteiger partial charge in [0.15, 0.2) is 0 Å². The number of hydrogen-bond donors (Lipinski definition) is 1. The molecule has 1 unspecified atom stereocenters. The van der Waals surface area contributed by atoms with Gasteiger partial charge in [-0.1, -0.05) is 51.5 Å². The minimum atomic E-state index is -0.802. The molecule has 5 nitrogen and oxygen atoms in total. The van der Waals surface area contributed by atoms with Crippen LogP contribution in [0.2, 0.25) is 0 Å². The molecule has 0 spiro atoms. The van der Waals surface area contributed by atoms with Crippen molar-refractivity contribution in [3.63, 3.8) is 0 Å². The van der Waals surface area contributed by atoms with Crippen molar-refractivity contribution < 1.29 is 9.90 Å². The molecular formula is C24H33N3O2. The van der Waals surface area contributed by atoms with Crippen LogP contribution in [0.1, 0.15) is 81.5 Å². The van der Waals surface area contributed by atoms with Gasteiger partial charge in [-0.15, -0.1) is 0 Å². The Kier molecular flexibility index (Phi) is 6.88. The zero-order valence-corrected chi connectivity index (χ0v) is 18.1. The van der Waals surface area contributed by atoms with Gasteiger partial charge in [0, 0.05) is 29.9 Å². The zero-order chi connectivity index (χ0) is 21.0. The van der Waals surface area contributed by atoms with Crippen molar-refractivity contribution in [2.75, 3.05) is 18.0 Å². The molecule has 0 aliphatic carbocycles. The number of carboxylic acids is 1. The van der Waals surface area contributed by atoms with E-state index < -0.39 is 11.9 Å². The SMILES string of the molecule is CCCC(C(=O)O)c1c(C)nc(N2CCCCC2)nc1-c1ccc(C(C)C)cc1. The number of piperidine rings is 1. The summed E-state index contributed by atoms with van der Waals surface area (Å²) in [6.45, 7) is 10.2. The molecule has 1 aromatic carbocycles. The van der Waals surface area contributed by atoms with Gasteiger partial charge in [0.2, 0.25) is 5.95 Å². The van der Waals surface area contributed by atoms with E-state index in [0.717, 1.165) is 60.8 Å². The van der Waals surface area contributed by atoms with Crippen molar-refractivity contribution >= 4 is 11.9 Å². The minimum absolute atomic E-state index is 0.450. The van der Waals surface area contributed by atoms with Crippen LogP contribution >= 0.6 is 0 Å². The van der Waals surface area contributed by atoms with Crippen molar-refractivity contribution in [3.05, 3.63) is 41.1 Å². The number of rotatable bonds is 7. The maximum absolute atomic E-state index is 12.1. The van der Waals surface area contributed by atoms with Gasteiger partial charge in [0.1, 0.15) is 0 Å². The highest BCUT2D eigenvalue weighted by Gasteiger charge is 2.28. The first-order chi connectivity index (χ1) is 13.9. The lowest BCUT2D eigenvalue weighted by Gasteiger charge is -2.28. The molecule has 2 aromatic rings. The van der Waals surface area contributed by atoms with Gasteiger partial charge >= 0.3 is 5.97 Å². The summed E-state index contributed by atoms with van der Waals surface area (Å²) in [5, 5.41) is 9.92. The van der Waals surface area contributed by atoms with Crippen LogP contribution in [0, 0.1) is 6.92 Å². The number of carboxylic acid groups (broad SMARTS) is 1. The van der Waals surface area contributed by atoms with Gasteiger partial charge < -0.3 is 10.0 Å². The van der Waals surface area contributed by atoms with Crippen LogP contribution in [0.4, 0.5) is 5.95 Å². The van der Waals surface area contributed by atoms with E-state index in [9.17, 15) is 9.90 Å². The molecule has 2 heterocycles. The first-order valence-electron chi connectivity index (χ1n) is 10.9. The highest BCUT2D eigenvalue weighted by molar-refractivity contribution is 5.81. The molecular weight excluding hydrogens is 362 g/mol. The monoisotopic (exact) mass is 395 g/mol. The van der Waals surface area contributed by atoms with E-state index >= 15 is 0 Å². The van der Waals surface area contributed by atoms with Gasteiger partial charge in [-0.3, -0.25) is 4.79 Å². The normalized spacial score (nSPS) is 15.6. The van der Waals surface area contributed by atoms with Gasteiger partial charge in [0.05, 0.1) is 11.6 Å². The van der Waals surface area contributed by atoms with Crippen LogP contribution < -0.4 is 4.90 Å². The summed E-state index contributed by atoms with van der Waals surface area (Å²) in [5.41, 5.74) is 4.55. The molecule has 1 aromatic heterocycles. The number of nitrogens with zero attached hydrogens (tertiary/aromatic N) is 3. The summed E-state index contributed by atoms with van der Waals surface area (Å²) < 4.78 is 0. The maximum Gasteiger partial charge on any atom is 0.311 e. The Hall–Kier alpha value is -2.43. The Morgan fingerprint density at radius 2 is 1.76 bits per heavy atom. The average molecular weight is 396 g/mol. The number of aliphatic carboxylic acids is 1. The number of aryl methyl sites for hydroxylation is 1. The van der Waals surface area contributed by atoms with Crippen LogP contribution in [0.25, 0.3) is 11.3 Å². The highest BCUT2D eigenvalue weighted by Crippen LogP contribution is 2.35. The minimum Gasteiger partial charge on any atom is -0.481 e. The molecule has 1 saturated heterocycles. The molecule has 1 atom stereocenters. The summed E-state index contributed by atoms with van der Waals surface area (Å²) in [7, 11) is 0. The van der Waals surface area contributed by atoms with Crippen molar-refractivity contribution in [1.82, 2.24) is 9.97 Å². The third-order valence-electron chi connectivity index (χ3n) is 5.84. The van der Waals surface area contributed by atoms with E-state index in [1.54, 1.807) is 0 Å². The molecule has 29 heavy (non-hydrogen) atoms. The maximum atomic E-state index is 12.1. The molecule has 1 aliphatic heterocycles. The topological polar surface area (TPSA) is 66.3 Å². The quantitative estimate of drug-likeness (QED) is 0.667. The lowest BCUT2D eigenvalue weighted by molar-refractivity contribution is -0.139. The highest BCUT2D eigenvalue weighted by atomic mass is 16.4. The van der Waals surface area contributed by atoms with Crippen molar-refractivity contribution in [3.8, 4) is 11.3 Å². The van der Waals surface area contributed by atoms with Gasteiger partial charge in [-0.25, -0.2) is 9.97 Å². The van der Waals surface area contributed by atoms with Crippen LogP contribution in [0.15, 0.2) is 24.3 Å². The van der Waals surface area contributed by atoms with Crippen molar-refractivity contribution in [1.29, 1.82) is 0 Å². The average Bonchev–Trinajstić information content (AvgIpc) is 2.72. The van der Waals surface area contributed by atoms with Crippen LogP contribution in [0.3, 0.4) is 0 Å². The number of aromatic nitrogens is 2. The molecule has 0 saturated carbocycles. The van der Waals surface area contributed by atoms with Crippen LogP contribution in [0.5, 0.6) is 0 Å². The number of carbonyl (C=O) groups is 1. The lowest BCUT2D eigenvalue weighted by Crippen LogP contribution is -2.31. The third-order valence-corrected chi connectivity index (χ3v) is 5.84. The van der Waals surface area contributed by atoms with E-state index in [0.29, 0.717) is 12.3 Å². The molecule has 0 bridgehead atoms. The first kappa shape index (κ1) is 21.3. The largest absolute Gasteiger partial charge is 0.481 e. The van der Waals surface area contributed by atoms with E-state index in [2.05, 4.69) is 43.0 Å². The Bertz CT molecular complexity index is 840. The van der Waals surface area contributed by atoms with Crippen molar-refractivity contribution in [2.45, 2.75) is 71.6 Å². The summed E-state index contributed by atoms with van der Waals surface area (Å²) in [4.78, 5) is 24.0. The van der Waals surface area contributed by atoms with Crippen LogP contribution in [-0.2, 0) is 4.79 Å². The summed E-state index contributed by atoms with van der Waals surface area (Å²) in [6, 6.07) is 8.39. The van der Waals surface area contributed by atoms with Crippen LogP contribution in [-0.4, -0.2) is 34.1 Å². The summed E-state index contributed by atoms with van der Waals surface area (Å²) in [6.07, 6.45) is 4.93. The number of anilines is 1. The number of hydrogen-bond acceptors (Lipinski definition) is 4. The van der Waals surface area contributed by atoms with Gasteiger partial charge in [0.25, 0.3) is 0 Å². The molecule has 1 aliphatic rings. The Balaban J connectivity index is 2.14. The third kappa shape index (κ3) is 4.77. The number of benzene rings is 1. The Morgan fingerprint density at radius 1 is 1.10 bits per heavy atom. The lowest BCUT2D eigenvalue weighted by atomic mass is 9.89. The fraction of sp³-hybridized carbons (Fsp3) is 0.542. The molecule has 3 rings (SSSR count). The molecule has 0 radical (unpaired) electrons. The molecule has 0 amide bonds. The molecule has 1 fully saturated rings.